The Balaban J connectivity index is 1.34. The van der Waals surface area contributed by atoms with Gasteiger partial charge in [0.2, 0.25) is 5.91 Å². The summed E-state index contributed by atoms with van der Waals surface area (Å²) in [6, 6.07) is 28.6. The molecule has 1 aliphatic rings. The van der Waals surface area contributed by atoms with E-state index in [4.69, 9.17) is 0 Å². The number of rotatable bonds is 8. The average molecular weight is 400 g/mol. The molecule has 0 unspecified atom stereocenters. The number of hydrogen-bond donors (Lipinski definition) is 2. The Kier molecular flexibility index (Phi) is 6.91. The minimum Gasteiger partial charge on any atom is -0.325 e. The number of likely N-dealkylation sites (tertiary alicyclic amines) is 1. The summed E-state index contributed by atoms with van der Waals surface area (Å²) < 4.78 is 0. The summed E-state index contributed by atoms with van der Waals surface area (Å²) in [7, 11) is 0. The number of nitrogens with zero attached hydrogens (tertiary/aromatic N) is 1. The van der Waals surface area contributed by atoms with E-state index in [-0.39, 0.29) is 18.5 Å². The van der Waals surface area contributed by atoms with Gasteiger partial charge in [-0.1, -0.05) is 72.8 Å². The first kappa shape index (κ1) is 20.3. The van der Waals surface area contributed by atoms with Crippen LogP contribution < -0.4 is 10.6 Å². The maximum absolute atomic E-state index is 12.6. The van der Waals surface area contributed by atoms with Gasteiger partial charge in [-0.25, -0.2) is 0 Å². The normalized spacial score (nSPS) is 14.2. The number of carbonyl (C=O) groups is 1. The number of anilines is 1. The van der Waals surface area contributed by atoms with Crippen LogP contribution in [-0.2, 0) is 11.3 Å². The van der Waals surface area contributed by atoms with Crippen LogP contribution in [0, 0.1) is 0 Å². The van der Waals surface area contributed by atoms with Crippen LogP contribution >= 0.6 is 0 Å². The van der Waals surface area contributed by atoms with Gasteiger partial charge in [-0.15, -0.1) is 0 Å². The van der Waals surface area contributed by atoms with Gasteiger partial charge < -0.3 is 5.32 Å². The molecular formula is C26H29N3O. The average Bonchev–Trinajstić information content (AvgIpc) is 3.30. The lowest BCUT2D eigenvalue weighted by atomic mass is 9.99. The number of hydrogen-bond acceptors (Lipinski definition) is 3. The first-order valence-electron chi connectivity index (χ1n) is 10.7. The van der Waals surface area contributed by atoms with Gasteiger partial charge in [0.15, 0.2) is 0 Å². The second-order valence-electron chi connectivity index (χ2n) is 7.86. The Hall–Kier alpha value is -2.95. The van der Waals surface area contributed by atoms with E-state index in [0.29, 0.717) is 0 Å². The van der Waals surface area contributed by atoms with Gasteiger partial charge in [-0.05, 0) is 54.8 Å². The Morgan fingerprint density at radius 1 is 0.800 bits per heavy atom. The molecule has 30 heavy (non-hydrogen) atoms. The maximum Gasteiger partial charge on any atom is 0.238 e. The fourth-order valence-corrected chi connectivity index (χ4v) is 4.01. The van der Waals surface area contributed by atoms with Crippen LogP contribution in [0.15, 0.2) is 84.9 Å². The fraction of sp³-hybridized carbons (Fsp3) is 0.269. The molecule has 1 fully saturated rings. The standard InChI is InChI=1S/C26H29N3O/c30-25(28-24-15-13-21(14-16-24)20-29-17-7-8-18-29)19-27-26(22-9-3-1-4-10-22)23-11-5-2-6-12-23/h1-6,9-16,26-27H,7-8,17-20H2,(H,28,30). The van der Waals surface area contributed by atoms with Crippen molar-refractivity contribution in [2.75, 3.05) is 25.0 Å². The quantitative estimate of drug-likeness (QED) is 0.582. The first-order chi connectivity index (χ1) is 14.8. The summed E-state index contributed by atoms with van der Waals surface area (Å²) in [6.07, 6.45) is 2.60. The zero-order chi connectivity index (χ0) is 20.6. The summed E-state index contributed by atoms with van der Waals surface area (Å²) in [5, 5.41) is 6.42. The second kappa shape index (κ2) is 10.2. The van der Waals surface area contributed by atoms with Crippen LogP contribution in [0.5, 0.6) is 0 Å². The van der Waals surface area contributed by atoms with E-state index in [1.54, 1.807) is 0 Å². The van der Waals surface area contributed by atoms with Crippen molar-refractivity contribution in [1.82, 2.24) is 10.2 Å². The molecule has 0 bridgehead atoms. The second-order valence-corrected chi connectivity index (χ2v) is 7.86. The fourth-order valence-electron chi connectivity index (χ4n) is 4.01. The van der Waals surface area contributed by atoms with Gasteiger partial charge in [0.1, 0.15) is 0 Å². The predicted molar refractivity (Wildman–Crippen MR) is 122 cm³/mol. The highest BCUT2D eigenvalue weighted by atomic mass is 16.1. The van der Waals surface area contributed by atoms with Crippen molar-refractivity contribution in [1.29, 1.82) is 0 Å². The Morgan fingerprint density at radius 2 is 1.37 bits per heavy atom. The lowest BCUT2D eigenvalue weighted by Crippen LogP contribution is -2.31. The summed E-state index contributed by atoms with van der Waals surface area (Å²) in [4.78, 5) is 15.0. The summed E-state index contributed by atoms with van der Waals surface area (Å²) >= 11 is 0. The molecule has 0 spiro atoms. The van der Waals surface area contributed by atoms with Crippen LogP contribution in [0.3, 0.4) is 0 Å². The predicted octanol–water partition coefficient (Wildman–Crippen LogP) is 4.60. The van der Waals surface area contributed by atoms with Gasteiger partial charge >= 0.3 is 0 Å². The van der Waals surface area contributed by atoms with Crippen molar-refractivity contribution in [3.8, 4) is 0 Å². The van der Waals surface area contributed by atoms with Crippen molar-refractivity contribution in [2.24, 2.45) is 0 Å². The van der Waals surface area contributed by atoms with Gasteiger partial charge in [-0.3, -0.25) is 15.0 Å². The Labute approximate surface area is 178 Å². The van der Waals surface area contributed by atoms with Crippen LogP contribution in [0.1, 0.15) is 35.6 Å². The first-order valence-corrected chi connectivity index (χ1v) is 10.7. The van der Waals surface area contributed by atoms with Gasteiger partial charge in [-0.2, -0.15) is 0 Å². The smallest absolute Gasteiger partial charge is 0.238 e. The summed E-state index contributed by atoms with van der Waals surface area (Å²) in [6.45, 7) is 3.61. The van der Waals surface area contributed by atoms with Gasteiger partial charge in [0.25, 0.3) is 0 Å². The summed E-state index contributed by atoms with van der Waals surface area (Å²) in [5.41, 5.74) is 4.41. The molecule has 154 valence electrons. The minimum absolute atomic E-state index is 0.0269. The van der Waals surface area contributed by atoms with E-state index >= 15 is 0 Å². The van der Waals surface area contributed by atoms with E-state index in [1.807, 2.05) is 48.5 Å². The van der Waals surface area contributed by atoms with Crippen molar-refractivity contribution in [2.45, 2.75) is 25.4 Å². The molecule has 4 heteroatoms. The lowest BCUT2D eigenvalue weighted by Gasteiger charge is -2.20. The minimum atomic E-state index is -0.0424. The molecule has 0 aliphatic carbocycles. The van der Waals surface area contributed by atoms with Crippen LogP contribution in [0.4, 0.5) is 5.69 Å². The van der Waals surface area contributed by atoms with E-state index < -0.39 is 0 Å². The maximum atomic E-state index is 12.6. The molecule has 1 amide bonds. The zero-order valence-electron chi connectivity index (χ0n) is 17.3. The highest BCUT2D eigenvalue weighted by Gasteiger charge is 2.15. The molecular weight excluding hydrogens is 370 g/mol. The molecule has 2 N–H and O–H groups in total. The van der Waals surface area contributed by atoms with Gasteiger partial charge in [0.05, 0.1) is 12.6 Å². The Morgan fingerprint density at radius 3 is 1.93 bits per heavy atom. The molecule has 1 aliphatic heterocycles. The molecule has 0 radical (unpaired) electrons. The molecule has 0 atom stereocenters. The molecule has 3 aromatic carbocycles. The molecule has 0 aromatic heterocycles. The number of amides is 1. The third kappa shape index (κ3) is 5.56. The van der Waals surface area contributed by atoms with E-state index in [2.05, 4.69) is 51.9 Å². The van der Waals surface area contributed by atoms with Gasteiger partial charge in [0, 0.05) is 12.2 Å². The molecule has 1 saturated heterocycles. The molecule has 4 rings (SSSR count). The van der Waals surface area contributed by atoms with Crippen molar-refractivity contribution in [3.05, 3.63) is 102 Å². The Bertz CT molecular complexity index is 880. The van der Waals surface area contributed by atoms with E-state index in [1.165, 1.54) is 31.5 Å². The topological polar surface area (TPSA) is 44.4 Å². The summed E-state index contributed by atoms with van der Waals surface area (Å²) in [5.74, 6) is -0.0424. The monoisotopic (exact) mass is 399 g/mol. The third-order valence-electron chi connectivity index (χ3n) is 5.58. The SMILES string of the molecule is O=C(CNC(c1ccccc1)c1ccccc1)Nc1ccc(CN2CCCC2)cc1. The largest absolute Gasteiger partial charge is 0.325 e. The van der Waals surface area contributed by atoms with Crippen molar-refractivity contribution in [3.63, 3.8) is 0 Å². The van der Waals surface area contributed by atoms with Crippen LogP contribution in [0.2, 0.25) is 0 Å². The molecule has 0 saturated carbocycles. The highest BCUT2D eigenvalue weighted by Crippen LogP contribution is 2.21. The van der Waals surface area contributed by atoms with Crippen molar-refractivity contribution >= 4 is 11.6 Å². The molecule has 4 nitrogen and oxygen atoms in total. The zero-order valence-corrected chi connectivity index (χ0v) is 17.3. The van der Waals surface area contributed by atoms with Crippen molar-refractivity contribution < 1.29 is 4.79 Å². The van der Waals surface area contributed by atoms with E-state index in [9.17, 15) is 4.79 Å². The lowest BCUT2D eigenvalue weighted by molar-refractivity contribution is -0.115. The molecule has 3 aromatic rings. The van der Waals surface area contributed by atoms with E-state index in [0.717, 1.165) is 23.4 Å². The van der Waals surface area contributed by atoms with Crippen LogP contribution in [-0.4, -0.2) is 30.4 Å². The third-order valence-corrected chi connectivity index (χ3v) is 5.58. The number of carbonyl (C=O) groups excluding carboxylic acids is 1. The van der Waals surface area contributed by atoms with Crippen LogP contribution in [0.25, 0.3) is 0 Å². The number of benzene rings is 3. The number of nitrogens with one attached hydrogen (secondary N) is 2. The highest BCUT2D eigenvalue weighted by molar-refractivity contribution is 5.92. The molecule has 1 heterocycles.